The lowest BCUT2D eigenvalue weighted by Crippen LogP contribution is -2.37. The molecule has 0 heterocycles. The molecule has 0 bridgehead atoms. The molecule has 1 saturated carbocycles. The standard InChI is InChI=1S/C14H29NO2/c1-11(14(16)17)7-6-8-12(2)15-13-9-4-3-5-10-13/h11-17H,3-10H2,1-2H3. The second-order valence-corrected chi connectivity index (χ2v) is 5.72. The van der Waals surface area contributed by atoms with E-state index in [0.29, 0.717) is 6.04 Å². The fourth-order valence-electron chi connectivity index (χ4n) is 2.65. The van der Waals surface area contributed by atoms with Crippen molar-refractivity contribution in [3.05, 3.63) is 0 Å². The third-order valence-corrected chi connectivity index (χ3v) is 3.93. The minimum atomic E-state index is -1.16. The molecule has 1 fully saturated rings. The Labute approximate surface area is 106 Å². The van der Waals surface area contributed by atoms with Crippen LogP contribution in [-0.4, -0.2) is 28.6 Å². The van der Waals surface area contributed by atoms with Crippen molar-refractivity contribution in [2.75, 3.05) is 0 Å². The van der Waals surface area contributed by atoms with Crippen LogP contribution in [0.4, 0.5) is 0 Å². The summed E-state index contributed by atoms with van der Waals surface area (Å²) >= 11 is 0. The molecule has 3 N–H and O–H groups in total. The molecule has 1 aliphatic carbocycles. The van der Waals surface area contributed by atoms with Crippen molar-refractivity contribution in [3.8, 4) is 0 Å². The second kappa shape index (κ2) is 8.06. The van der Waals surface area contributed by atoms with Gasteiger partial charge in [-0.15, -0.1) is 0 Å². The van der Waals surface area contributed by atoms with Crippen molar-refractivity contribution >= 4 is 0 Å². The molecule has 3 heteroatoms. The SMILES string of the molecule is CC(CCCC(C)C(O)O)NC1CCCCC1. The van der Waals surface area contributed by atoms with E-state index >= 15 is 0 Å². The molecule has 1 rings (SSSR count). The van der Waals surface area contributed by atoms with Gasteiger partial charge in [0, 0.05) is 18.0 Å². The summed E-state index contributed by atoms with van der Waals surface area (Å²) in [7, 11) is 0. The van der Waals surface area contributed by atoms with Crippen LogP contribution in [0.5, 0.6) is 0 Å². The minimum Gasteiger partial charge on any atom is -0.368 e. The van der Waals surface area contributed by atoms with Gasteiger partial charge >= 0.3 is 0 Å². The van der Waals surface area contributed by atoms with Crippen LogP contribution >= 0.6 is 0 Å². The van der Waals surface area contributed by atoms with E-state index in [9.17, 15) is 0 Å². The maximum atomic E-state index is 8.99. The summed E-state index contributed by atoms with van der Waals surface area (Å²) in [5.41, 5.74) is 0. The van der Waals surface area contributed by atoms with Crippen molar-refractivity contribution in [1.82, 2.24) is 5.32 Å². The van der Waals surface area contributed by atoms with Gasteiger partial charge in [-0.25, -0.2) is 0 Å². The first-order valence-electron chi connectivity index (χ1n) is 7.21. The van der Waals surface area contributed by atoms with E-state index in [2.05, 4.69) is 12.2 Å². The van der Waals surface area contributed by atoms with E-state index < -0.39 is 6.29 Å². The Morgan fingerprint density at radius 3 is 2.29 bits per heavy atom. The summed E-state index contributed by atoms with van der Waals surface area (Å²) in [6, 6.07) is 1.28. The van der Waals surface area contributed by atoms with E-state index in [1.165, 1.54) is 32.1 Å². The van der Waals surface area contributed by atoms with E-state index in [-0.39, 0.29) is 5.92 Å². The van der Waals surface area contributed by atoms with Gasteiger partial charge in [0.1, 0.15) is 0 Å². The van der Waals surface area contributed by atoms with Gasteiger partial charge in [-0.1, -0.05) is 32.6 Å². The Kier molecular flexibility index (Phi) is 7.09. The number of aliphatic hydroxyl groups is 2. The van der Waals surface area contributed by atoms with E-state index in [4.69, 9.17) is 10.2 Å². The molecule has 0 amide bonds. The van der Waals surface area contributed by atoms with Crippen LogP contribution < -0.4 is 5.32 Å². The number of aliphatic hydroxyl groups excluding tert-OH is 1. The Morgan fingerprint density at radius 1 is 1.06 bits per heavy atom. The molecule has 0 radical (unpaired) electrons. The molecule has 0 aliphatic heterocycles. The average molecular weight is 243 g/mol. The lowest BCUT2D eigenvalue weighted by Gasteiger charge is -2.27. The van der Waals surface area contributed by atoms with E-state index in [0.717, 1.165) is 25.3 Å². The highest BCUT2D eigenvalue weighted by Gasteiger charge is 2.16. The first-order chi connectivity index (χ1) is 8.09. The first-order valence-corrected chi connectivity index (χ1v) is 7.21. The molecule has 0 aromatic rings. The van der Waals surface area contributed by atoms with Crippen LogP contribution in [0.1, 0.15) is 65.2 Å². The predicted octanol–water partition coefficient (Wildman–Crippen LogP) is 2.41. The normalized spacial score (nSPS) is 21.7. The molecular formula is C14H29NO2. The van der Waals surface area contributed by atoms with Crippen molar-refractivity contribution in [2.45, 2.75) is 83.6 Å². The third kappa shape index (κ3) is 6.39. The van der Waals surface area contributed by atoms with Crippen LogP contribution in [0, 0.1) is 5.92 Å². The summed E-state index contributed by atoms with van der Waals surface area (Å²) in [6.45, 7) is 4.14. The molecule has 0 spiro atoms. The highest BCUT2D eigenvalue weighted by atomic mass is 16.5. The van der Waals surface area contributed by atoms with Crippen molar-refractivity contribution in [3.63, 3.8) is 0 Å². The Bertz CT molecular complexity index is 191. The molecule has 2 unspecified atom stereocenters. The number of hydrogen-bond donors (Lipinski definition) is 3. The van der Waals surface area contributed by atoms with E-state index in [1.807, 2.05) is 6.92 Å². The zero-order chi connectivity index (χ0) is 12.7. The smallest absolute Gasteiger partial charge is 0.154 e. The van der Waals surface area contributed by atoms with Gasteiger partial charge in [-0.3, -0.25) is 0 Å². The Hall–Kier alpha value is -0.120. The molecule has 1 aliphatic rings. The third-order valence-electron chi connectivity index (χ3n) is 3.93. The molecule has 3 nitrogen and oxygen atoms in total. The average Bonchev–Trinajstić information content (AvgIpc) is 2.30. The molecule has 2 atom stereocenters. The zero-order valence-corrected chi connectivity index (χ0v) is 11.4. The van der Waals surface area contributed by atoms with Crippen LogP contribution in [0.2, 0.25) is 0 Å². The summed E-state index contributed by atoms with van der Waals surface area (Å²) in [4.78, 5) is 0. The molecule has 17 heavy (non-hydrogen) atoms. The molecule has 0 aromatic carbocycles. The number of nitrogens with one attached hydrogen (secondary N) is 1. The van der Waals surface area contributed by atoms with Crippen molar-refractivity contribution in [2.24, 2.45) is 5.92 Å². The first kappa shape index (κ1) is 14.9. The molecule has 102 valence electrons. The highest BCUT2D eigenvalue weighted by molar-refractivity contribution is 4.75. The summed E-state index contributed by atoms with van der Waals surface area (Å²) in [5.74, 6) is -0.00289. The molecule has 0 saturated heterocycles. The van der Waals surface area contributed by atoms with Crippen LogP contribution in [-0.2, 0) is 0 Å². The largest absolute Gasteiger partial charge is 0.368 e. The fourth-order valence-corrected chi connectivity index (χ4v) is 2.65. The number of rotatable bonds is 7. The lowest BCUT2D eigenvalue weighted by molar-refractivity contribution is -0.0808. The lowest BCUT2D eigenvalue weighted by atomic mass is 9.94. The van der Waals surface area contributed by atoms with Crippen LogP contribution in [0.15, 0.2) is 0 Å². The quantitative estimate of drug-likeness (QED) is 0.602. The monoisotopic (exact) mass is 243 g/mol. The van der Waals surface area contributed by atoms with Crippen LogP contribution in [0.25, 0.3) is 0 Å². The number of hydrogen-bond acceptors (Lipinski definition) is 3. The Morgan fingerprint density at radius 2 is 1.71 bits per heavy atom. The van der Waals surface area contributed by atoms with Gasteiger partial charge in [0.2, 0.25) is 0 Å². The van der Waals surface area contributed by atoms with E-state index in [1.54, 1.807) is 0 Å². The summed E-state index contributed by atoms with van der Waals surface area (Å²) in [5, 5.41) is 21.7. The van der Waals surface area contributed by atoms with Gasteiger partial charge in [0.15, 0.2) is 6.29 Å². The topological polar surface area (TPSA) is 52.5 Å². The second-order valence-electron chi connectivity index (χ2n) is 5.72. The van der Waals surface area contributed by atoms with Gasteiger partial charge in [0.05, 0.1) is 0 Å². The molecule has 0 aromatic heterocycles. The minimum absolute atomic E-state index is 0.00289. The summed E-state index contributed by atoms with van der Waals surface area (Å²) in [6.07, 6.45) is 8.75. The van der Waals surface area contributed by atoms with Crippen molar-refractivity contribution in [1.29, 1.82) is 0 Å². The summed E-state index contributed by atoms with van der Waals surface area (Å²) < 4.78 is 0. The fraction of sp³-hybridized carbons (Fsp3) is 1.00. The zero-order valence-electron chi connectivity index (χ0n) is 11.4. The van der Waals surface area contributed by atoms with Gasteiger partial charge in [0.25, 0.3) is 0 Å². The highest BCUT2D eigenvalue weighted by Crippen LogP contribution is 2.19. The predicted molar refractivity (Wildman–Crippen MR) is 70.7 cm³/mol. The van der Waals surface area contributed by atoms with Gasteiger partial charge in [-0.2, -0.15) is 0 Å². The van der Waals surface area contributed by atoms with Gasteiger partial charge in [-0.05, 0) is 32.6 Å². The van der Waals surface area contributed by atoms with Crippen molar-refractivity contribution < 1.29 is 10.2 Å². The molecular weight excluding hydrogens is 214 g/mol. The van der Waals surface area contributed by atoms with Gasteiger partial charge < -0.3 is 15.5 Å². The maximum Gasteiger partial charge on any atom is 0.154 e. The van der Waals surface area contributed by atoms with Crippen LogP contribution in [0.3, 0.4) is 0 Å². The maximum absolute atomic E-state index is 8.99. The Balaban J connectivity index is 2.06.